The highest BCUT2D eigenvalue weighted by Crippen LogP contribution is 2.01. The van der Waals surface area contributed by atoms with Crippen LogP contribution in [-0.4, -0.2) is 31.3 Å². The van der Waals surface area contributed by atoms with Gasteiger partial charge in [0.15, 0.2) is 0 Å². The molecule has 0 aliphatic rings. The fourth-order valence-electron chi connectivity index (χ4n) is 1.17. The third-order valence-electron chi connectivity index (χ3n) is 1.87. The first-order chi connectivity index (χ1) is 7.22. The molecule has 84 valence electrons. The lowest BCUT2D eigenvalue weighted by Crippen LogP contribution is -2.26. The van der Waals surface area contributed by atoms with Gasteiger partial charge in [-0.25, -0.2) is 0 Å². The highest BCUT2D eigenvalue weighted by molar-refractivity contribution is 5.77. The molecule has 1 N–H and O–H groups in total. The van der Waals surface area contributed by atoms with Crippen LogP contribution in [-0.2, 0) is 16.0 Å². The van der Waals surface area contributed by atoms with Gasteiger partial charge in [-0.15, -0.1) is 0 Å². The monoisotopic (exact) mass is 212 g/mol. The van der Waals surface area contributed by atoms with Crippen molar-refractivity contribution >= 4 is 5.91 Å². The van der Waals surface area contributed by atoms with E-state index in [-0.39, 0.29) is 12.3 Å². The van der Waals surface area contributed by atoms with E-state index in [0.29, 0.717) is 18.8 Å². The molecule has 0 unspecified atom stereocenters. The molecule has 1 aromatic heterocycles. The van der Waals surface area contributed by atoms with Gasteiger partial charge in [0.1, 0.15) is 5.76 Å². The van der Waals surface area contributed by atoms with Gasteiger partial charge in [-0.2, -0.15) is 0 Å². The number of ether oxygens (including phenoxy) is 1. The zero-order valence-electron chi connectivity index (χ0n) is 9.08. The minimum atomic E-state index is -0.0422. The maximum atomic E-state index is 11.4. The van der Waals surface area contributed by atoms with Gasteiger partial charge < -0.3 is 14.6 Å². The van der Waals surface area contributed by atoms with Crippen molar-refractivity contribution in [3.05, 3.63) is 17.5 Å². The van der Waals surface area contributed by atoms with Crippen LogP contribution in [0.1, 0.15) is 17.9 Å². The normalized spacial score (nSPS) is 10.3. The Morgan fingerprint density at radius 3 is 3.07 bits per heavy atom. The Balaban J connectivity index is 2.18. The molecular formula is C10H16N2O3. The predicted octanol–water partition coefficient (Wildman–Crippen LogP) is 0.678. The van der Waals surface area contributed by atoms with Gasteiger partial charge in [0.25, 0.3) is 0 Å². The summed E-state index contributed by atoms with van der Waals surface area (Å²) in [5.41, 5.74) is 0.664. The van der Waals surface area contributed by atoms with Crippen molar-refractivity contribution in [1.82, 2.24) is 10.5 Å². The molecule has 0 spiro atoms. The minimum absolute atomic E-state index is 0.0422. The summed E-state index contributed by atoms with van der Waals surface area (Å²) in [7, 11) is 1.64. The Morgan fingerprint density at radius 1 is 1.67 bits per heavy atom. The number of hydrogen-bond donors (Lipinski definition) is 1. The summed E-state index contributed by atoms with van der Waals surface area (Å²) in [6, 6.07) is 1.76. The lowest BCUT2D eigenvalue weighted by molar-refractivity contribution is -0.120. The zero-order valence-corrected chi connectivity index (χ0v) is 9.08. The Morgan fingerprint density at radius 2 is 2.47 bits per heavy atom. The van der Waals surface area contributed by atoms with Crippen LogP contribution in [0, 0.1) is 6.92 Å². The van der Waals surface area contributed by atoms with Crippen molar-refractivity contribution in [3.63, 3.8) is 0 Å². The lowest BCUT2D eigenvalue weighted by Gasteiger charge is -2.02. The quantitative estimate of drug-likeness (QED) is 0.704. The molecule has 0 saturated carbocycles. The van der Waals surface area contributed by atoms with Gasteiger partial charge in [0.2, 0.25) is 5.91 Å². The van der Waals surface area contributed by atoms with E-state index in [2.05, 4.69) is 10.5 Å². The first-order valence-corrected chi connectivity index (χ1v) is 4.90. The summed E-state index contributed by atoms with van der Waals surface area (Å²) >= 11 is 0. The number of rotatable bonds is 6. The smallest absolute Gasteiger partial charge is 0.226 e. The summed E-state index contributed by atoms with van der Waals surface area (Å²) in [5.74, 6) is 0.677. The van der Waals surface area contributed by atoms with Crippen LogP contribution in [0.3, 0.4) is 0 Å². The van der Waals surface area contributed by atoms with E-state index in [1.54, 1.807) is 20.1 Å². The molecule has 0 atom stereocenters. The standard InChI is InChI=1S/C10H16N2O3/c1-8-6-9(12-15-8)7-10(13)11-4-3-5-14-2/h6H,3-5,7H2,1-2H3,(H,11,13). The average molecular weight is 212 g/mol. The van der Waals surface area contributed by atoms with Crippen LogP contribution in [0.4, 0.5) is 0 Å². The zero-order chi connectivity index (χ0) is 11.1. The van der Waals surface area contributed by atoms with Crippen LogP contribution >= 0.6 is 0 Å². The van der Waals surface area contributed by atoms with E-state index >= 15 is 0 Å². The summed E-state index contributed by atoms with van der Waals surface area (Å²) in [4.78, 5) is 11.4. The van der Waals surface area contributed by atoms with E-state index in [4.69, 9.17) is 9.26 Å². The van der Waals surface area contributed by atoms with E-state index in [1.807, 2.05) is 0 Å². The third kappa shape index (κ3) is 4.60. The Kier molecular flexibility index (Phi) is 4.83. The molecule has 5 heteroatoms. The van der Waals surface area contributed by atoms with Crippen LogP contribution < -0.4 is 5.32 Å². The molecule has 5 nitrogen and oxygen atoms in total. The van der Waals surface area contributed by atoms with Gasteiger partial charge in [-0.1, -0.05) is 5.16 Å². The van der Waals surface area contributed by atoms with Crippen molar-refractivity contribution < 1.29 is 14.1 Å². The first kappa shape index (κ1) is 11.7. The maximum Gasteiger partial charge on any atom is 0.226 e. The number of amides is 1. The molecule has 0 saturated heterocycles. The Hall–Kier alpha value is -1.36. The molecular weight excluding hydrogens is 196 g/mol. The molecule has 0 aromatic carbocycles. The van der Waals surface area contributed by atoms with Gasteiger partial charge in [-0.3, -0.25) is 4.79 Å². The Labute approximate surface area is 88.8 Å². The number of nitrogens with zero attached hydrogens (tertiary/aromatic N) is 1. The second-order valence-electron chi connectivity index (χ2n) is 3.30. The van der Waals surface area contributed by atoms with Crippen molar-refractivity contribution in [1.29, 1.82) is 0 Å². The van der Waals surface area contributed by atoms with Crippen LogP contribution in [0.15, 0.2) is 10.6 Å². The summed E-state index contributed by atoms with van der Waals surface area (Å²) in [6.45, 7) is 3.08. The largest absolute Gasteiger partial charge is 0.385 e. The minimum Gasteiger partial charge on any atom is -0.385 e. The summed E-state index contributed by atoms with van der Waals surface area (Å²) in [6.07, 6.45) is 1.09. The molecule has 0 aliphatic carbocycles. The topological polar surface area (TPSA) is 64.4 Å². The lowest BCUT2D eigenvalue weighted by atomic mass is 10.3. The van der Waals surface area contributed by atoms with Crippen molar-refractivity contribution in [2.24, 2.45) is 0 Å². The van der Waals surface area contributed by atoms with E-state index < -0.39 is 0 Å². The number of aryl methyl sites for hydroxylation is 1. The molecule has 1 aromatic rings. The first-order valence-electron chi connectivity index (χ1n) is 4.90. The van der Waals surface area contributed by atoms with Crippen LogP contribution in [0.25, 0.3) is 0 Å². The molecule has 1 amide bonds. The summed E-state index contributed by atoms with van der Waals surface area (Å²) in [5, 5.41) is 6.51. The molecule has 0 bridgehead atoms. The van der Waals surface area contributed by atoms with Crippen LogP contribution in [0.2, 0.25) is 0 Å². The van der Waals surface area contributed by atoms with Gasteiger partial charge in [-0.05, 0) is 13.3 Å². The van der Waals surface area contributed by atoms with Crippen molar-refractivity contribution in [2.75, 3.05) is 20.3 Å². The third-order valence-corrected chi connectivity index (χ3v) is 1.87. The molecule has 0 radical (unpaired) electrons. The van der Waals surface area contributed by atoms with Gasteiger partial charge in [0.05, 0.1) is 12.1 Å². The molecule has 15 heavy (non-hydrogen) atoms. The second kappa shape index (κ2) is 6.19. The van der Waals surface area contributed by atoms with E-state index in [9.17, 15) is 4.79 Å². The van der Waals surface area contributed by atoms with Crippen LogP contribution in [0.5, 0.6) is 0 Å². The Bertz CT molecular complexity index is 309. The number of nitrogens with one attached hydrogen (secondary N) is 1. The predicted molar refractivity (Wildman–Crippen MR) is 54.4 cm³/mol. The molecule has 1 rings (SSSR count). The number of carbonyl (C=O) groups is 1. The average Bonchev–Trinajstić information content (AvgIpc) is 2.59. The van der Waals surface area contributed by atoms with E-state index in [1.165, 1.54) is 0 Å². The van der Waals surface area contributed by atoms with Gasteiger partial charge >= 0.3 is 0 Å². The second-order valence-corrected chi connectivity index (χ2v) is 3.30. The highest BCUT2D eigenvalue weighted by atomic mass is 16.5. The number of methoxy groups -OCH3 is 1. The SMILES string of the molecule is COCCCNC(=O)Cc1cc(C)on1. The van der Waals surface area contributed by atoms with Crippen molar-refractivity contribution in [3.8, 4) is 0 Å². The maximum absolute atomic E-state index is 11.4. The molecule has 1 heterocycles. The molecule has 0 aliphatic heterocycles. The van der Waals surface area contributed by atoms with Gasteiger partial charge in [0, 0.05) is 26.3 Å². The van der Waals surface area contributed by atoms with E-state index in [0.717, 1.165) is 12.2 Å². The summed E-state index contributed by atoms with van der Waals surface area (Å²) < 4.78 is 9.73. The molecule has 0 fully saturated rings. The number of hydrogen-bond acceptors (Lipinski definition) is 4. The highest BCUT2D eigenvalue weighted by Gasteiger charge is 2.06. The van der Waals surface area contributed by atoms with Crippen molar-refractivity contribution in [2.45, 2.75) is 19.8 Å². The number of aromatic nitrogens is 1. The fraction of sp³-hybridized carbons (Fsp3) is 0.600. The fourth-order valence-corrected chi connectivity index (χ4v) is 1.17. The number of carbonyl (C=O) groups excluding carboxylic acids is 1.